The van der Waals surface area contributed by atoms with E-state index in [1.165, 1.54) is 10.8 Å². The molecule has 0 unspecified atom stereocenters. The van der Waals surface area contributed by atoms with Crippen molar-refractivity contribution in [3.63, 3.8) is 0 Å². The van der Waals surface area contributed by atoms with E-state index in [0.29, 0.717) is 6.54 Å². The molecule has 0 saturated heterocycles. The molecule has 0 aliphatic carbocycles. The summed E-state index contributed by atoms with van der Waals surface area (Å²) < 4.78 is 14.8. The summed E-state index contributed by atoms with van der Waals surface area (Å²) in [4.78, 5) is 0. The van der Waals surface area contributed by atoms with Crippen LogP contribution in [0, 0.1) is 0 Å². The monoisotopic (exact) mass is 261 g/mol. The summed E-state index contributed by atoms with van der Waals surface area (Å²) >= 11 is 0. The van der Waals surface area contributed by atoms with Crippen molar-refractivity contribution in [1.29, 1.82) is 0 Å². The van der Waals surface area contributed by atoms with Gasteiger partial charge in [0.2, 0.25) is 0 Å². The van der Waals surface area contributed by atoms with Gasteiger partial charge in [-0.25, -0.2) is 8.93 Å². The van der Waals surface area contributed by atoms with Crippen LogP contribution in [0.1, 0.15) is 26.3 Å². The predicted octanol–water partition coefficient (Wildman–Crippen LogP) is 3.39. The summed E-state index contributed by atoms with van der Waals surface area (Å²) in [6, 6.07) is 14.6. The van der Waals surface area contributed by atoms with Crippen molar-refractivity contribution < 1.29 is 4.21 Å². The highest BCUT2D eigenvalue weighted by atomic mass is 32.2. The first-order valence-corrected chi connectivity index (χ1v) is 7.25. The molecule has 2 rings (SSSR count). The minimum absolute atomic E-state index is 0.225. The third kappa shape index (κ3) is 3.18. The second-order valence-corrected chi connectivity index (χ2v) is 7.43. The third-order valence-electron chi connectivity index (χ3n) is 2.78. The largest absolute Gasteiger partial charge is 0.242 e. The summed E-state index contributed by atoms with van der Waals surface area (Å²) in [6.45, 7) is 6.54. The average Bonchev–Trinajstić information content (AvgIpc) is 2.34. The van der Waals surface area contributed by atoms with Gasteiger partial charge in [0, 0.05) is 6.54 Å². The Balaban J connectivity index is 2.11. The Labute approximate surface area is 111 Å². The van der Waals surface area contributed by atoms with Gasteiger partial charge < -0.3 is 0 Å². The molecule has 0 aliphatic rings. The minimum Gasteiger partial charge on any atom is -0.242 e. The Morgan fingerprint density at radius 2 is 1.72 bits per heavy atom. The van der Waals surface area contributed by atoms with E-state index in [9.17, 15) is 4.21 Å². The summed E-state index contributed by atoms with van der Waals surface area (Å²) in [5.41, 5.74) is 1.16. The van der Waals surface area contributed by atoms with Crippen LogP contribution in [0.4, 0.5) is 0 Å². The highest BCUT2D eigenvalue weighted by Gasteiger charge is 2.18. The van der Waals surface area contributed by atoms with Crippen molar-refractivity contribution in [1.82, 2.24) is 4.72 Å². The number of rotatable bonds is 3. The quantitative estimate of drug-likeness (QED) is 0.901. The molecule has 96 valence electrons. The van der Waals surface area contributed by atoms with Crippen LogP contribution in [-0.2, 0) is 17.5 Å². The minimum atomic E-state index is -1.02. The van der Waals surface area contributed by atoms with Gasteiger partial charge in [-0.05, 0) is 43.2 Å². The molecule has 1 N–H and O–H groups in total. The van der Waals surface area contributed by atoms with Crippen LogP contribution in [0.2, 0.25) is 0 Å². The van der Waals surface area contributed by atoms with E-state index in [0.717, 1.165) is 5.56 Å². The zero-order valence-electron chi connectivity index (χ0n) is 11.1. The second kappa shape index (κ2) is 5.21. The Bertz CT molecular complexity index is 572. The normalized spacial score (nSPS) is 13.7. The molecule has 0 radical (unpaired) electrons. The second-order valence-electron chi connectivity index (χ2n) is 5.38. The fourth-order valence-electron chi connectivity index (χ4n) is 1.71. The summed E-state index contributed by atoms with van der Waals surface area (Å²) in [5.74, 6) is 0. The van der Waals surface area contributed by atoms with Crippen LogP contribution >= 0.6 is 0 Å². The first-order chi connectivity index (χ1) is 8.47. The molecule has 0 aromatic heterocycles. The molecular weight excluding hydrogens is 242 g/mol. The Morgan fingerprint density at radius 3 is 2.39 bits per heavy atom. The van der Waals surface area contributed by atoms with Gasteiger partial charge in [-0.1, -0.05) is 36.4 Å². The molecule has 0 saturated carbocycles. The van der Waals surface area contributed by atoms with Gasteiger partial charge in [-0.15, -0.1) is 0 Å². The fraction of sp³-hybridized carbons (Fsp3) is 0.333. The molecule has 2 nitrogen and oxygen atoms in total. The lowest BCUT2D eigenvalue weighted by atomic mass is 10.1. The van der Waals surface area contributed by atoms with Gasteiger partial charge in [0.1, 0.15) is 0 Å². The van der Waals surface area contributed by atoms with Crippen molar-refractivity contribution in [2.24, 2.45) is 0 Å². The molecule has 0 fully saturated rings. The van der Waals surface area contributed by atoms with Crippen molar-refractivity contribution >= 4 is 21.8 Å². The van der Waals surface area contributed by atoms with Crippen molar-refractivity contribution in [3.05, 3.63) is 48.0 Å². The van der Waals surface area contributed by atoms with E-state index in [1.54, 1.807) is 0 Å². The topological polar surface area (TPSA) is 29.1 Å². The molecule has 18 heavy (non-hydrogen) atoms. The van der Waals surface area contributed by atoms with Crippen molar-refractivity contribution in [2.45, 2.75) is 32.1 Å². The van der Waals surface area contributed by atoms with Crippen LogP contribution in [0.15, 0.2) is 42.5 Å². The molecule has 0 amide bonds. The number of benzene rings is 2. The van der Waals surface area contributed by atoms with Gasteiger partial charge in [-0.3, -0.25) is 0 Å². The molecule has 2 aromatic rings. The van der Waals surface area contributed by atoms with Crippen molar-refractivity contribution in [3.8, 4) is 0 Å². The maximum absolute atomic E-state index is 11.9. The SMILES string of the molecule is CC(C)(C)[S@](=O)NCc1ccc2ccccc2c1. The van der Waals surface area contributed by atoms with E-state index >= 15 is 0 Å². The molecule has 0 spiro atoms. The Kier molecular flexibility index (Phi) is 3.83. The lowest BCUT2D eigenvalue weighted by molar-refractivity contribution is 0.635. The molecule has 0 aliphatic heterocycles. The van der Waals surface area contributed by atoms with Gasteiger partial charge >= 0.3 is 0 Å². The van der Waals surface area contributed by atoms with E-state index < -0.39 is 11.0 Å². The molecule has 2 aromatic carbocycles. The standard InChI is InChI=1S/C15H19NOS/c1-15(2,3)18(17)16-11-12-8-9-13-6-4-5-7-14(13)10-12/h4-10,16H,11H2,1-3H3/t18-/m0/s1. The van der Waals surface area contributed by atoms with Crippen LogP contribution in [0.25, 0.3) is 10.8 Å². The van der Waals surface area contributed by atoms with E-state index in [2.05, 4.69) is 35.1 Å². The number of hydrogen-bond acceptors (Lipinski definition) is 1. The lowest BCUT2D eigenvalue weighted by Crippen LogP contribution is -2.32. The van der Waals surface area contributed by atoms with Crippen molar-refractivity contribution in [2.75, 3.05) is 0 Å². The van der Waals surface area contributed by atoms with Gasteiger partial charge in [0.05, 0.1) is 15.7 Å². The first kappa shape index (κ1) is 13.2. The fourth-order valence-corrected chi connectivity index (χ4v) is 2.44. The van der Waals surface area contributed by atoms with Gasteiger partial charge in [0.15, 0.2) is 0 Å². The predicted molar refractivity (Wildman–Crippen MR) is 78.7 cm³/mol. The van der Waals surface area contributed by atoms with Crippen LogP contribution in [0.5, 0.6) is 0 Å². The molecule has 3 heteroatoms. The molecular formula is C15H19NOS. The number of hydrogen-bond donors (Lipinski definition) is 1. The number of fused-ring (bicyclic) bond motifs is 1. The van der Waals surface area contributed by atoms with Crippen LogP contribution in [-0.4, -0.2) is 8.96 Å². The zero-order valence-corrected chi connectivity index (χ0v) is 11.9. The van der Waals surface area contributed by atoms with E-state index in [4.69, 9.17) is 0 Å². The van der Waals surface area contributed by atoms with E-state index in [-0.39, 0.29) is 4.75 Å². The zero-order chi connectivity index (χ0) is 13.2. The van der Waals surface area contributed by atoms with Crippen LogP contribution < -0.4 is 4.72 Å². The maximum Gasteiger partial charge on any atom is 0.0973 e. The lowest BCUT2D eigenvalue weighted by Gasteiger charge is -2.18. The third-order valence-corrected chi connectivity index (χ3v) is 4.30. The Morgan fingerprint density at radius 1 is 1.06 bits per heavy atom. The summed E-state index contributed by atoms with van der Waals surface area (Å²) in [6.07, 6.45) is 0. The number of nitrogens with one attached hydrogen (secondary N) is 1. The van der Waals surface area contributed by atoms with E-state index in [1.807, 2.05) is 32.9 Å². The smallest absolute Gasteiger partial charge is 0.0973 e. The van der Waals surface area contributed by atoms with Gasteiger partial charge in [-0.2, -0.15) is 0 Å². The van der Waals surface area contributed by atoms with Gasteiger partial charge in [0.25, 0.3) is 0 Å². The molecule has 0 bridgehead atoms. The summed E-state index contributed by atoms with van der Waals surface area (Å²) in [5, 5.41) is 2.46. The summed E-state index contributed by atoms with van der Waals surface area (Å²) in [7, 11) is -1.02. The highest BCUT2D eigenvalue weighted by molar-refractivity contribution is 7.84. The highest BCUT2D eigenvalue weighted by Crippen LogP contribution is 2.16. The molecule has 0 heterocycles. The molecule has 1 atom stereocenters. The Hall–Kier alpha value is -1.19. The van der Waals surface area contributed by atoms with Crippen LogP contribution in [0.3, 0.4) is 0 Å². The first-order valence-electron chi connectivity index (χ1n) is 6.10. The average molecular weight is 261 g/mol. The maximum atomic E-state index is 11.9.